The van der Waals surface area contributed by atoms with Crippen LogP contribution in [0.3, 0.4) is 0 Å². The van der Waals surface area contributed by atoms with Crippen LogP contribution in [0.15, 0.2) is 0 Å². The van der Waals surface area contributed by atoms with Gasteiger partial charge in [0.15, 0.2) is 0 Å². The number of hydrogen-bond donors (Lipinski definition) is 0. The van der Waals surface area contributed by atoms with Gasteiger partial charge >= 0.3 is 10.9 Å². The first-order valence-corrected chi connectivity index (χ1v) is 6.82. The zero-order chi connectivity index (χ0) is 13.7. The number of carbonyl (C=O) groups is 2. The fourth-order valence-electron chi connectivity index (χ4n) is 2.63. The summed E-state index contributed by atoms with van der Waals surface area (Å²) in [4.78, 5) is 21.3. The normalized spacial score (nSPS) is 31.8. The molecule has 4 atom stereocenters. The first-order chi connectivity index (χ1) is 8.41. The van der Waals surface area contributed by atoms with Crippen molar-refractivity contribution in [3.8, 4) is 0 Å². The van der Waals surface area contributed by atoms with Crippen molar-refractivity contribution in [2.75, 3.05) is 13.2 Å². The Morgan fingerprint density at radius 2 is 1.61 bits per heavy atom. The van der Waals surface area contributed by atoms with Crippen LogP contribution in [0.25, 0.3) is 0 Å². The molecule has 6 heteroatoms. The highest BCUT2D eigenvalue weighted by Gasteiger charge is 2.36. The molecule has 1 rings (SSSR count). The maximum atomic E-state index is 10.7. The van der Waals surface area contributed by atoms with Gasteiger partial charge in [-0.3, -0.25) is 0 Å². The quantitative estimate of drug-likeness (QED) is 0.735. The van der Waals surface area contributed by atoms with Gasteiger partial charge in [0.25, 0.3) is 0 Å². The molecule has 4 unspecified atom stereocenters. The number of hydrogen-bond acceptors (Lipinski definition) is 4. The number of ether oxygens (including phenoxy) is 2. The van der Waals surface area contributed by atoms with Crippen molar-refractivity contribution in [3.05, 3.63) is 0 Å². The second-order valence-electron chi connectivity index (χ2n) is 4.93. The molecule has 0 heterocycles. The Morgan fingerprint density at radius 1 is 1.06 bits per heavy atom. The monoisotopic (exact) mass is 296 g/mol. The van der Waals surface area contributed by atoms with Crippen LogP contribution < -0.4 is 0 Å². The Hall–Kier alpha value is -0.480. The molecule has 18 heavy (non-hydrogen) atoms. The van der Waals surface area contributed by atoms with E-state index in [0.717, 1.165) is 12.8 Å². The molecule has 0 N–H and O–H groups in total. The van der Waals surface area contributed by atoms with Crippen molar-refractivity contribution >= 4 is 34.1 Å². The van der Waals surface area contributed by atoms with Gasteiger partial charge in [0.1, 0.15) is 0 Å². The maximum Gasteiger partial charge on any atom is 0.403 e. The third-order valence-corrected chi connectivity index (χ3v) is 4.19. The topological polar surface area (TPSA) is 52.6 Å². The minimum Gasteiger partial charge on any atom is -0.453 e. The lowest BCUT2D eigenvalue weighted by Gasteiger charge is -2.39. The van der Waals surface area contributed by atoms with Crippen LogP contribution in [-0.2, 0) is 9.47 Å². The smallest absolute Gasteiger partial charge is 0.403 e. The van der Waals surface area contributed by atoms with Crippen LogP contribution >= 0.6 is 23.2 Å². The van der Waals surface area contributed by atoms with Gasteiger partial charge in [0.2, 0.25) is 0 Å². The average molecular weight is 297 g/mol. The van der Waals surface area contributed by atoms with Crippen molar-refractivity contribution in [2.24, 2.45) is 23.7 Å². The molecule has 0 amide bonds. The van der Waals surface area contributed by atoms with Crippen LogP contribution in [0, 0.1) is 23.7 Å². The third-order valence-electron chi connectivity index (χ3n) is 3.97. The van der Waals surface area contributed by atoms with E-state index in [1.807, 2.05) is 0 Å². The van der Waals surface area contributed by atoms with Crippen LogP contribution in [0.2, 0.25) is 0 Å². The van der Waals surface area contributed by atoms with Crippen molar-refractivity contribution in [3.63, 3.8) is 0 Å². The Balaban J connectivity index is 2.60. The standard InChI is InChI=1S/C12H18Cl2O4/c1-7-3-4-9(5-17-11(13)15)10(8(7)2)6-18-12(14)16/h7-10H,3-6H2,1-2H3. The van der Waals surface area contributed by atoms with E-state index in [-0.39, 0.29) is 25.0 Å². The van der Waals surface area contributed by atoms with Crippen LogP contribution in [0.1, 0.15) is 26.7 Å². The minimum atomic E-state index is -0.798. The molecule has 1 fully saturated rings. The van der Waals surface area contributed by atoms with E-state index in [4.69, 9.17) is 32.7 Å². The molecule has 4 nitrogen and oxygen atoms in total. The summed E-state index contributed by atoms with van der Waals surface area (Å²) in [5, 5.41) is 0. The Morgan fingerprint density at radius 3 is 2.17 bits per heavy atom. The third kappa shape index (κ3) is 4.65. The Bertz CT molecular complexity index is 308. The zero-order valence-corrected chi connectivity index (χ0v) is 12.0. The fraction of sp³-hybridized carbons (Fsp3) is 0.833. The van der Waals surface area contributed by atoms with Crippen molar-refractivity contribution in [1.82, 2.24) is 0 Å². The molecule has 1 aliphatic carbocycles. The predicted octanol–water partition coefficient (Wildman–Crippen LogP) is 4.04. The Kier molecular flexibility index (Phi) is 6.22. The average Bonchev–Trinajstić information content (AvgIpc) is 2.29. The van der Waals surface area contributed by atoms with Gasteiger partial charge in [-0.25, -0.2) is 9.59 Å². The van der Waals surface area contributed by atoms with Gasteiger partial charge in [-0.05, 0) is 24.2 Å². The number of halogens is 2. The highest BCUT2D eigenvalue weighted by atomic mass is 35.5. The molecule has 0 spiro atoms. The van der Waals surface area contributed by atoms with E-state index >= 15 is 0 Å². The van der Waals surface area contributed by atoms with Gasteiger partial charge in [0, 0.05) is 29.1 Å². The first-order valence-electron chi connectivity index (χ1n) is 6.06. The van der Waals surface area contributed by atoms with E-state index in [0.29, 0.717) is 11.8 Å². The summed E-state index contributed by atoms with van der Waals surface area (Å²) < 4.78 is 9.75. The molecule has 0 aromatic carbocycles. The van der Waals surface area contributed by atoms with Gasteiger partial charge in [0.05, 0.1) is 13.2 Å². The van der Waals surface area contributed by atoms with Crippen molar-refractivity contribution in [2.45, 2.75) is 26.7 Å². The number of rotatable bonds is 4. The van der Waals surface area contributed by atoms with E-state index < -0.39 is 10.9 Å². The minimum absolute atomic E-state index is 0.146. The fourth-order valence-corrected chi connectivity index (χ4v) is 2.76. The molecule has 0 aromatic heterocycles. The number of carbonyl (C=O) groups excluding carboxylic acids is 2. The summed E-state index contributed by atoms with van der Waals surface area (Å²) in [6.07, 6.45) is 2.00. The van der Waals surface area contributed by atoms with Gasteiger partial charge < -0.3 is 9.47 Å². The molecule has 0 aliphatic heterocycles. The van der Waals surface area contributed by atoms with Crippen LogP contribution in [-0.4, -0.2) is 24.1 Å². The predicted molar refractivity (Wildman–Crippen MR) is 68.9 cm³/mol. The molecule has 104 valence electrons. The van der Waals surface area contributed by atoms with E-state index in [1.165, 1.54) is 0 Å². The van der Waals surface area contributed by atoms with E-state index in [1.54, 1.807) is 0 Å². The Labute approximate surface area is 117 Å². The second-order valence-corrected chi connectivity index (χ2v) is 5.55. The van der Waals surface area contributed by atoms with Gasteiger partial charge in [-0.1, -0.05) is 20.3 Å². The summed E-state index contributed by atoms with van der Waals surface area (Å²) in [7, 11) is 0. The summed E-state index contributed by atoms with van der Waals surface area (Å²) in [5.41, 5.74) is -1.59. The molecule has 1 aliphatic rings. The molecule has 1 saturated carbocycles. The molecule has 0 radical (unpaired) electrons. The van der Waals surface area contributed by atoms with E-state index in [2.05, 4.69) is 13.8 Å². The molecular formula is C12H18Cl2O4. The van der Waals surface area contributed by atoms with E-state index in [9.17, 15) is 9.59 Å². The summed E-state index contributed by atoms with van der Waals surface area (Å²) in [5.74, 6) is 1.24. The lowest BCUT2D eigenvalue weighted by molar-refractivity contribution is 0.0196. The summed E-state index contributed by atoms with van der Waals surface area (Å²) in [6.45, 7) is 4.82. The molecule has 0 saturated heterocycles. The first kappa shape index (κ1) is 15.6. The highest BCUT2D eigenvalue weighted by Crippen LogP contribution is 2.39. The SMILES string of the molecule is CC1CCC(COC(=O)Cl)C(COC(=O)Cl)C1C. The molecule has 0 aromatic rings. The largest absolute Gasteiger partial charge is 0.453 e. The zero-order valence-electron chi connectivity index (χ0n) is 10.5. The van der Waals surface area contributed by atoms with Gasteiger partial charge in [-0.2, -0.15) is 0 Å². The lowest BCUT2D eigenvalue weighted by Crippen LogP contribution is -2.37. The summed E-state index contributed by atoms with van der Waals surface area (Å²) in [6, 6.07) is 0. The lowest BCUT2D eigenvalue weighted by atomic mass is 9.68. The van der Waals surface area contributed by atoms with Crippen LogP contribution in [0.5, 0.6) is 0 Å². The second kappa shape index (κ2) is 7.19. The van der Waals surface area contributed by atoms with Crippen LogP contribution in [0.4, 0.5) is 9.59 Å². The molecule has 0 bridgehead atoms. The maximum absolute atomic E-state index is 10.7. The van der Waals surface area contributed by atoms with Crippen molar-refractivity contribution < 1.29 is 19.1 Å². The molecular weight excluding hydrogens is 279 g/mol. The summed E-state index contributed by atoms with van der Waals surface area (Å²) >= 11 is 10.4. The highest BCUT2D eigenvalue weighted by molar-refractivity contribution is 6.61. The van der Waals surface area contributed by atoms with Gasteiger partial charge in [-0.15, -0.1) is 0 Å². The van der Waals surface area contributed by atoms with Crippen molar-refractivity contribution in [1.29, 1.82) is 0 Å².